The van der Waals surface area contributed by atoms with E-state index in [1.807, 2.05) is 0 Å². The van der Waals surface area contributed by atoms with Gasteiger partial charge in [0, 0.05) is 19.1 Å². The van der Waals surface area contributed by atoms with Crippen LogP contribution in [0.1, 0.15) is 54.9 Å². The van der Waals surface area contributed by atoms with Gasteiger partial charge in [0.2, 0.25) is 0 Å². The summed E-state index contributed by atoms with van der Waals surface area (Å²) in [6, 6.07) is -0.00762. The second-order valence-electron chi connectivity index (χ2n) is 7.88. The molecule has 0 aromatic rings. The van der Waals surface area contributed by atoms with E-state index in [-0.39, 0.29) is 28.8 Å². The van der Waals surface area contributed by atoms with Gasteiger partial charge in [-0.1, -0.05) is 20.8 Å². The largest absolute Gasteiger partial charge is 0.379 e. The highest BCUT2D eigenvalue weighted by molar-refractivity contribution is 5.02. The summed E-state index contributed by atoms with van der Waals surface area (Å²) < 4.78 is 11.8. The molecule has 1 rings (SSSR count). The van der Waals surface area contributed by atoms with Crippen molar-refractivity contribution in [1.82, 2.24) is 0 Å². The lowest BCUT2D eigenvalue weighted by Crippen LogP contribution is -2.53. The molecular formula is C15H31NO2. The van der Waals surface area contributed by atoms with Crippen molar-refractivity contribution < 1.29 is 9.47 Å². The molecule has 1 aliphatic heterocycles. The molecule has 1 saturated heterocycles. The molecule has 0 aromatic carbocycles. The van der Waals surface area contributed by atoms with Crippen molar-refractivity contribution in [3.05, 3.63) is 0 Å². The lowest BCUT2D eigenvalue weighted by atomic mass is 9.74. The van der Waals surface area contributed by atoms with Crippen molar-refractivity contribution in [2.45, 2.75) is 78.2 Å². The highest BCUT2D eigenvalue weighted by atomic mass is 16.5. The van der Waals surface area contributed by atoms with Crippen LogP contribution in [-0.2, 0) is 9.47 Å². The number of hydrogen-bond acceptors (Lipinski definition) is 3. The normalized spacial score (nSPS) is 30.2. The van der Waals surface area contributed by atoms with Crippen LogP contribution in [0.25, 0.3) is 0 Å². The molecule has 0 bridgehead atoms. The minimum absolute atomic E-state index is 0.00762. The van der Waals surface area contributed by atoms with E-state index in [4.69, 9.17) is 15.2 Å². The van der Waals surface area contributed by atoms with Crippen LogP contribution in [0.4, 0.5) is 0 Å². The third-order valence-electron chi connectivity index (χ3n) is 4.07. The van der Waals surface area contributed by atoms with Gasteiger partial charge in [0.15, 0.2) is 0 Å². The molecule has 0 aliphatic carbocycles. The maximum atomic E-state index is 6.51. The summed E-state index contributed by atoms with van der Waals surface area (Å²) in [6.45, 7) is 15.1. The zero-order valence-electron chi connectivity index (χ0n) is 13.3. The van der Waals surface area contributed by atoms with Crippen LogP contribution in [0, 0.1) is 11.3 Å². The SMILES string of the molecule is COC(C(N)C1CC(C)(C)OC1(C)C)C(C)(C)C. The monoisotopic (exact) mass is 257 g/mol. The molecule has 1 heterocycles. The summed E-state index contributed by atoms with van der Waals surface area (Å²) >= 11 is 0. The van der Waals surface area contributed by atoms with Gasteiger partial charge in [0.05, 0.1) is 17.3 Å². The summed E-state index contributed by atoms with van der Waals surface area (Å²) in [4.78, 5) is 0. The van der Waals surface area contributed by atoms with Crippen LogP contribution in [0.5, 0.6) is 0 Å². The lowest BCUT2D eigenvalue weighted by molar-refractivity contribution is -0.0885. The van der Waals surface area contributed by atoms with Crippen LogP contribution in [0.3, 0.4) is 0 Å². The van der Waals surface area contributed by atoms with Gasteiger partial charge in [-0.05, 0) is 39.5 Å². The fourth-order valence-corrected chi connectivity index (χ4v) is 3.50. The average Bonchev–Trinajstić information content (AvgIpc) is 2.32. The van der Waals surface area contributed by atoms with Gasteiger partial charge in [-0.25, -0.2) is 0 Å². The third-order valence-corrected chi connectivity index (χ3v) is 4.07. The van der Waals surface area contributed by atoms with Gasteiger partial charge in [0.1, 0.15) is 0 Å². The van der Waals surface area contributed by atoms with Gasteiger partial charge in [-0.2, -0.15) is 0 Å². The fourth-order valence-electron chi connectivity index (χ4n) is 3.50. The van der Waals surface area contributed by atoms with Gasteiger partial charge in [-0.15, -0.1) is 0 Å². The van der Waals surface area contributed by atoms with Gasteiger partial charge in [-0.3, -0.25) is 0 Å². The van der Waals surface area contributed by atoms with Crippen molar-refractivity contribution in [3.63, 3.8) is 0 Å². The average molecular weight is 257 g/mol. The highest BCUT2D eigenvalue weighted by Gasteiger charge is 2.51. The Kier molecular flexibility index (Phi) is 4.22. The zero-order valence-corrected chi connectivity index (χ0v) is 13.3. The second-order valence-corrected chi connectivity index (χ2v) is 7.88. The van der Waals surface area contributed by atoms with Crippen LogP contribution in [-0.4, -0.2) is 30.5 Å². The molecule has 3 unspecified atom stereocenters. The Morgan fingerprint density at radius 3 is 2.00 bits per heavy atom. The van der Waals surface area contributed by atoms with E-state index >= 15 is 0 Å². The molecule has 1 aliphatic rings. The smallest absolute Gasteiger partial charge is 0.0774 e. The topological polar surface area (TPSA) is 44.5 Å². The van der Waals surface area contributed by atoms with Crippen molar-refractivity contribution >= 4 is 0 Å². The Balaban J connectivity index is 2.93. The van der Waals surface area contributed by atoms with E-state index in [0.29, 0.717) is 5.92 Å². The molecule has 18 heavy (non-hydrogen) atoms. The number of rotatable bonds is 3. The molecule has 3 atom stereocenters. The van der Waals surface area contributed by atoms with Gasteiger partial charge < -0.3 is 15.2 Å². The predicted molar refractivity (Wildman–Crippen MR) is 75.6 cm³/mol. The predicted octanol–water partition coefficient (Wildman–Crippen LogP) is 2.97. The highest BCUT2D eigenvalue weighted by Crippen LogP contribution is 2.45. The molecule has 3 nitrogen and oxygen atoms in total. The van der Waals surface area contributed by atoms with Crippen LogP contribution in [0.2, 0.25) is 0 Å². The van der Waals surface area contributed by atoms with Crippen molar-refractivity contribution in [2.24, 2.45) is 17.1 Å². The summed E-state index contributed by atoms with van der Waals surface area (Å²) in [5.41, 5.74) is 6.27. The first kappa shape index (κ1) is 15.9. The standard InChI is InChI=1S/C15H31NO2/c1-13(2,3)12(17-8)11(16)10-9-14(4,5)18-15(10,6)7/h10-12H,9,16H2,1-8H3. The molecule has 0 aromatic heterocycles. The first-order chi connectivity index (χ1) is 7.91. The lowest BCUT2D eigenvalue weighted by Gasteiger charge is -2.40. The number of ether oxygens (including phenoxy) is 2. The molecule has 108 valence electrons. The first-order valence-corrected chi connectivity index (χ1v) is 6.89. The summed E-state index contributed by atoms with van der Waals surface area (Å²) in [5.74, 6) is 0.316. The number of nitrogens with two attached hydrogens (primary N) is 1. The third kappa shape index (κ3) is 3.25. The Bertz CT molecular complexity index is 291. The Morgan fingerprint density at radius 1 is 1.22 bits per heavy atom. The zero-order chi connectivity index (χ0) is 14.4. The van der Waals surface area contributed by atoms with E-state index in [1.165, 1.54) is 0 Å². The Morgan fingerprint density at radius 2 is 1.72 bits per heavy atom. The molecule has 0 spiro atoms. The van der Waals surface area contributed by atoms with E-state index in [0.717, 1.165) is 6.42 Å². The molecule has 2 N–H and O–H groups in total. The molecule has 3 heteroatoms. The Hall–Kier alpha value is -0.120. The van der Waals surface area contributed by atoms with Crippen LogP contribution >= 0.6 is 0 Å². The maximum Gasteiger partial charge on any atom is 0.0774 e. The van der Waals surface area contributed by atoms with Gasteiger partial charge in [0.25, 0.3) is 0 Å². The van der Waals surface area contributed by atoms with Crippen molar-refractivity contribution in [2.75, 3.05) is 7.11 Å². The van der Waals surface area contributed by atoms with Crippen LogP contribution in [0.15, 0.2) is 0 Å². The quantitative estimate of drug-likeness (QED) is 0.845. The summed E-state index contributed by atoms with van der Waals surface area (Å²) in [6.07, 6.45) is 1.02. The van der Waals surface area contributed by atoms with E-state index < -0.39 is 0 Å². The molecule has 0 saturated carbocycles. The van der Waals surface area contributed by atoms with E-state index in [2.05, 4.69) is 48.5 Å². The number of hydrogen-bond donors (Lipinski definition) is 1. The van der Waals surface area contributed by atoms with Crippen molar-refractivity contribution in [3.8, 4) is 0 Å². The second kappa shape index (κ2) is 4.77. The molecule has 0 amide bonds. The molecule has 1 fully saturated rings. The summed E-state index contributed by atoms with van der Waals surface area (Å²) in [5, 5.41) is 0. The molecular weight excluding hydrogens is 226 g/mol. The molecule has 0 radical (unpaired) electrons. The van der Waals surface area contributed by atoms with Crippen molar-refractivity contribution in [1.29, 1.82) is 0 Å². The fraction of sp³-hybridized carbons (Fsp3) is 1.00. The van der Waals surface area contributed by atoms with E-state index in [1.54, 1.807) is 7.11 Å². The minimum atomic E-state index is -0.190. The Labute approximate surface area is 112 Å². The van der Waals surface area contributed by atoms with Crippen LogP contribution < -0.4 is 5.73 Å². The minimum Gasteiger partial charge on any atom is -0.379 e. The maximum absolute atomic E-state index is 6.51. The first-order valence-electron chi connectivity index (χ1n) is 6.89. The number of methoxy groups -OCH3 is 1. The van der Waals surface area contributed by atoms with Gasteiger partial charge >= 0.3 is 0 Å². The van der Waals surface area contributed by atoms with E-state index in [9.17, 15) is 0 Å². The summed E-state index contributed by atoms with van der Waals surface area (Å²) in [7, 11) is 1.75.